The van der Waals surface area contributed by atoms with Gasteiger partial charge in [0.15, 0.2) is 0 Å². The van der Waals surface area contributed by atoms with E-state index in [1.807, 2.05) is 0 Å². The van der Waals surface area contributed by atoms with Crippen LogP contribution in [0.25, 0.3) is 0 Å². The highest BCUT2D eigenvalue weighted by atomic mass is 79.9. The van der Waals surface area contributed by atoms with Gasteiger partial charge in [0.2, 0.25) is 0 Å². The molecule has 0 aromatic carbocycles. The molecule has 0 N–H and O–H groups in total. The highest BCUT2D eigenvalue weighted by Gasteiger charge is 2.62. The lowest BCUT2D eigenvalue weighted by atomic mass is 9.44. The third kappa shape index (κ3) is 4.42. The lowest BCUT2D eigenvalue weighted by Crippen LogP contribution is -2.54. The average molecular weight is 522 g/mol. The highest BCUT2D eigenvalue weighted by molar-refractivity contribution is 9.09. The number of esters is 1. The normalized spacial score (nSPS) is 43.3. The van der Waals surface area contributed by atoms with Gasteiger partial charge in [0.05, 0.1) is 13.0 Å². The number of ether oxygens (including phenoxy) is 1. The fourth-order valence-electron chi connectivity index (χ4n) is 9.28. The Morgan fingerprint density at radius 1 is 1.09 bits per heavy atom. The van der Waals surface area contributed by atoms with Crippen LogP contribution in [0.15, 0.2) is 5.57 Å². The Balaban J connectivity index is 1.54. The van der Waals surface area contributed by atoms with E-state index in [4.69, 9.17) is 4.74 Å². The molecule has 0 saturated heterocycles. The van der Waals surface area contributed by atoms with E-state index in [-0.39, 0.29) is 22.1 Å². The van der Waals surface area contributed by atoms with Crippen molar-refractivity contribution in [2.75, 3.05) is 7.11 Å². The molecule has 0 aromatic heterocycles. The number of allylic oxidation sites excluding steroid dienone is 1. The number of carbonyl (C=O) groups is 1. The van der Waals surface area contributed by atoms with Crippen molar-refractivity contribution < 1.29 is 14.3 Å². The van der Waals surface area contributed by atoms with Crippen molar-refractivity contribution in [3.63, 3.8) is 0 Å². The van der Waals surface area contributed by atoms with Crippen LogP contribution in [0.1, 0.15) is 98.3 Å². The predicted molar refractivity (Wildman–Crippen MR) is 137 cm³/mol. The van der Waals surface area contributed by atoms with E-state index in [0.717, 1.165) is 49.0 Å². The molecule has 4 saturated carbocycles. The van der Waals surface area contributed by atoms with Crippen LogP contribution in [0.3, 0.4) is 0 Å². The van der Waals surface area contributed by atoms with Crippen molar-refractivity contribution in [1.29, 1.82) is 0 Å². The first-order valence-electron chi connectivity index (χ1n) is 13.6. The summed E-state index contributed by atoms with van der Waals surface area (Å²) in [7, 11) is 1.58. The summed E-state index contributed by atoms with van der Waals surface area (Å²) in [6.07, 6.45) is 12.8. The van der Waals surface area contributed by atoms with Crippen LogP contribution in [0.4, 0.5) is 0 Å². The summed E-state index contributed by atoms with van der Waals surface area (Å²) in [6.45, 7) is 9.60. The van der Waals surface area contributed by atoms with Crippen molar-refractivity contribution in [2.24, 2.45) is 52.3 Å². The van der Waals surface area contributed by atoms with Gasteiger partial charge in [-0.15, -0.1) is 0 Å². The van der Waals surface area contributed by atoms with Crippen LogP contribution >= 0.6 is 15.9 Å². The maximum absolute atomic E-state index is 12.9. The maximum atomic E-state index is 12.9. The molecule has 4 fully saturated rings. The summed E-state index contributed by atoms with van der Waals surface area (Å²) in [5, 5.41) is 0. The van der Waals surface area contributed by atoms with E-state index in [1.165, 1.54) is 44.9 Å². The second-order valence-electron chi connectivity index (χ2n) is 12.8. The van der Waals surface area contributed by atoms with Gasteiger partial charge in [-0.25, -0.2) is 4.79 Å². The number of carbonyl (C=O) groups excluding carboxylic acids is 2. The molecule has 4 aliphatic carbocycles. The first-order chi connectivity index (χ1) is 15.7. The summed E-state index contributed by atoms with van der Waals surface area (Å²) in [5.74, 6) is 6.38. The molecule has 0 spiro atoms. The van der Waals surface area contributed by atoms with Crippen molar-refractivity contribution in [3.8, 4) is 0 Å². The maximum Gasteiger partial charge on any atom is 0.308 e. The van der Waals surface area contributed by atoms with Gasteiger partial charge in [0.25, 0.3) is 0 Å². The molecular formula is C29H45BrO3. The number of alkyl halides is 1. The lowest BCUT2D eigenvalue weighted by Gasteiger charge is -2.61. The average Bonchev–Trinajstić information content (AvgIpc) is 3.12. The molecule has 4 heteroatoms. The predicted octanol–water partition coefficient (Wildman–Crippen LogP) is 7.39. The minimum absolute atomic E-state index is 0.0333. The minimum atomic E-state index is 0.0333. The number of fused-ring (bicyclic) bond motifs is 5. The smallest absolute Gasteiger partial charge is 0.308 e. The van der Waals surface area contributed by atoms with Gasteiger partial charge in [-0.2, -0.15) is 0 Å². The van der Waals surface area contributed by atoms with Crippen LogP contribution in [0.5, 0.6) is 0 Å². The highest BCUT2D eigenvalue weighted by Crippen LogP contribution is 2.69. The molecule has 0 aliphatic heterocycles. The second kappa shape index (κ2) is 9.81. The first-order valence-corrected chi connectivity index (χ1v) is 14.5. The lowest BCUT2D eigenvalue weighted by molar-refractivity contribution is -0.153. The van der Waals surface area contributed by atoms with E-state index >= 15 is 0 Å². The van der Waals surface area contributed by atoms with Crippen molar-refractivity contribution in [1.82, 2.24) is 0 Å². The Bertz CT molecular complexity index is 786. The molecule has 3 nitrogen and oxygen atoms in total. The van der Waals surface area contributed by atoms with Crippen LogP contribution < -0.4 is 0 Å². The quantitative estimate of drug-likeness (QED) is 0.208. The van der Waals surface area contributed by atoms with Gasteiger partial charge in [0.1, 0.15) is 5.94 Å². The minimum Gasteiger partial charge on any atom is -0.469 e. The van der Waals surface area contributed by atoms with E-state index in [1.54, 1.807) is 7.11 Å². The summed E-state index contributed by atoms with van der Waals surface area (Å²) in [5.41, 5.74) is 1.53. The molecule has 33 heavy (non-hydrogen) atoms. The second-order valence-corrected chi connectivity index (χ2v) is 13.9. The number of halogens is 1. The van der Waals surface area contributed by atoms with E-state index in [0.29, 0.717) is 23.2 Å². The Kier molecular flexibility index (Phi) is 7.57. The fourth-order valence-corrected chi connectivity index (χ4v) is 10.3. The van der Waals surface area contributed by atoms with E-state index < -0.39 is 0 Å². The molecule has 4 aliphatic rings. The molecule has 0 radical (unpaired) electrons. The molecule has 0 amide bonds. The Morgan fingerprint density at radius 2 is 1.82 bits per heavy atom. The molecule has 0 heterocycles. The third-order valence-electron chi connectivity index (χ3n) is 11.0. The number of methoxy groups -OCH3 is 1. The molecule has 0 bridgehead atoms. The van der Waals surface area contributed by atoms with Gasteiger partial charge < -0.3 is 4.74 Å². The zero-order chi connectivity index (χ0) is 24.0. The van der Waals surface area contributed by atoms with Crippen LogP contribution in [0, 0.1) is 52.3 Å². The molecule has 9 atom stereocenters. The Morgan fingerprint density at radius 3 is 2.48 bits per heavy atom. The van der Waals surface area contributed by atoms with Gasteiger partial charge in [-0.1, -0.05) is 56.5 Å². The van der Waals surface area contributed by atoms with Crippen molar-refractivity contribution in [3.05, 3.63) is 5.57 Å². The van der Waals surface area contributed by atoms with Crippen LogP contribution in [-0.4, -0.2) is 23.8 Å². The van der Waals surface area contributed by atoms with Gasteiger partial charge in [-0.3, -0.25) is 4.79 Å². The Labute approximate surface area is 210 Å². The number of rotatable bonds is 6. The monoisotopic (exact) mass is 520 g/mol. The molecular weight excluding hydrogens is 476 g/mol. The zero-order valence-electron chi connectivity index (χ0n) is 21.5. The van der Waals surface area contributed by atoms with Crippen LogP contribution in [-0.2, 0) is 14.3 Å². The SMILES string of the molecule is COC(=O)[C@H](CCCC(C)C)[C@H]1CC[C@H]2[C@@H]3CCC4CC(=C=O)C(Br)C[C@]4(C)[C@H]3CC[C@]12C. The van der Waals surface area contributed by atoms with Gasteiger partial charge in [-0.05, 0) is 104 Å². The largest absolute Gasteiger partial charge is 0.469 e. The molecule has 0 aromatic rings. The van der Waals surface area contributed by atoms with E-state index in [9.17, 15) is 9.59 Å². The van der Waals surface area contributed by atoms with Gasteiger partial charge in [0, 0.05) is 10.4 Å². The van der Waals surface area contributed by atoms with Gasteiger partial charge >= 0.3 is 5.97 Å². The molecule has 4 rings (SSSR count). The summed E-state index contributed by atoms with van der Waals surface area (Å²) in [4.78, 5) is 24.6. The van der Waals surface area contributed by atoms with E-state index in [2.05, 4.69) is 49.6 Å². The van der Waals surface area contributed by atoms with Crippen LogP contribution in [0.2, 0.25) is 0 Å². The van der Waals surface area contributed by atoms with Crippen molar-refractivity contribution >= 4 is 27.8 Å². The zero-order valence-corrected chi connectivity index (χ0v) is 23.1. The first kappa shape index (κ1) is 25.5. The summed E-state index contributed by atoms with van der Waals surface area (Å²) >= 11 is 3.83. The number of hydrogen-bond acceptors (Lipinski definition) is 3. The fraction of sp³-hybridized carbons (Fsp3) is 0.897. The topological polar surface area (TPSA) is 43.4 Å². The Hall–Kier alpha value is -0.600. The molecule has 186 valence electrons. The third-order valence-corrected chi connectivity index (χ3v) is 11.9. The van der Waals surface area contributed by atoms with Crippen molar-refractivity contribution in [2.45, 2.75) is 103 Å². The standard InChI is InChI=1S/C29H45BrO3/c1-18(2)7-6-8-22(27(32)33-5)24-12-11-23-21-10-9-20-15-19(17-31)26(30)16-29(20,4)25(21)13-14-28(23,24)3/h18,20-26H,6-16H2,1-5H3/t20?,21-,22+,23-,24+,25-,26?,28-,29-/m0/s1. The summed E-state index contributed by atoms with van der Waals surface area (Å²) < 4.78 is 5.35. The summed E-state index contributed by atoms with van der Waals surface area (Å²) in [6, 6.07) is 0. The number of hydrogen-bond donors (Lipinski definition) is 0. The molecule has 2 unspecified atom stereocenters.